The van der Waals surface area contributed by atoms with Crippen LogP contribution in [0.2, 0.25) is 5.02 Å². The highest BCUT2D eigenvalue weighted by Crippen LogP contribution is 2.26. The number of hydrogen-bond acceptors (Lipinski definition) is 6. The van der Waals surface area contributed by atoms with Crippen molar-refractivity contribution in [2.75, 3.05) is 0 Å². The molecule has 0 saturated heterocycles. The molecule has 4 aromatic rings. The normalized spacial score (nSPS) is 10.9. The van der Waals surface area contributed by atoms with Crippen molar-refractivity contribution in [3.05, 3.63) is 69.4 Å². The van der Waals surface area contributed by atoms with E-state index in [-0.39, 0.29) is 0 Å². The Hall–Kier alpha value is -2.35. The van der Waals surface area contributed by atoms with Gasteiger partial charge in [-0.05, 0) is 24.4 Å². The number of aromatic nitrogens is 4. The summed E-state index contributed by atoms with van der Waals surface area (Å²) in [7, 11) is 0. The molecule has 2 aromatic carbocycles. The summed E-state index contributed by atoms with van der Waals surface area (Å²) in [6, 6.07) is 17.1. The number of rotatable bonds is 4. The Bertz CT molecular complexity index is 1090. The quantitative estimate of drug-likeness (QED) is 0.471. The Morgan fingerprint density at radius 3 is 2.60 bits per heavy atom. The predicted octanol–water partition coefficient (Wildman–Crippen LogP) is 4.81. The van der Waals surface area contributed by atoms with Crippen molar-refractivity contribution in [1.82, 2.24) is 19.6 Å². The maximum absolute atomic E-state index is 6.11. The molecule has 0 aliphatic rings. The first-order chi connectivity index (χ1) is 12.2. The van der Waals surface area contributed by atoms with Gasteiger partial charge in [-0.25, -0.2) is 0 Å². The molecule has 0 aliphatic heterocycles. The lowest BCUT2D eigenvalue weighted by Gasteiger charge is -2.05. The number of hydrogen-bond donors (Lipinski definition) is 0. The number of ether oxygens (including phenoxy) is 1. The van der Waals surface area contributed by atoms with Crippen molar-refractivity contribution in [2.45, 2.75) is 6.61 Å². The molecule has 0 aliphatic carbocycles. The fourth-order valence-electron chi connectivity index (χ4n) is 2.31. The van der Waals surface area contributed by atoms with E-state index in [0.29, 0.717) is 32.9 Å². The second kappa shape index (κ2) is 6.87. The van der Waals surface area contributed by atoms with Crippen molar-refractivity contribution in [2.24, 2.45) is 0 Å². The van der Waals surface area contributed by atoms with Crippen LogP contribution in [0.5, 0.6) is 5.75 Å². The van der Waals surface area contributed by atoms with Gasteiger partial charge in [0.2, 0.25) is 9.73 Å². The number of para-hydroxylation sites is 1. The second-order valence-electron chi connectivity index (χ2n) is 5.11. The molecule has 0 spiro atoms. The molecule has 0 unspecified atom stereocenters. The molecule has 124 valence electrons. The van der Waals surface area contributed by atoms with E-state index in [0.717, 1.165) is 10.6 Å². The largest absolute Gasteiger partial charge is 0.485 e. The molecule has 2 aromatic heterocycles. The van der Waals surface area contributed by atoms with Crippen molar-refractivity contribution < 1.29 is 4.74 Å². The number of halogens is 1. The van der Waals surface area contributed by atoms with Gasteiger partial charge in [-0.2, -0.15) is 19.6 Å². The summed E-state index contributed by atoms with van der Waals surface area (Å²) >= 11 is 12.7. The monoisotopic (exact) mass is 386 g/mol. The highest BCUT2D eigenvalue weighted by Gasteiger charge is 2.12. The van der Waals surface area contributed by atoms with Gasteiger partial charge in [-0.1, -0.05) is 65.4 Å². The third-order valence-corrected chi connectivity index (χ3v) is 4.79. The van der Waals surface area contributed by atoms with E-state index >= 15 is 0 Å². The zero-order valence-electron chi connectivity index (χ0n) is 12.8. The SMILES string of the molecule is S=c1nc(-c2ccccc2)n2nc(COc3ccccc3Cl)sc2n1. The summed E-state index contributed by atoms with van der Waals surface area (Å²) in [5.74, 6) is 1.28. The average Bonchev–Trinajstić information content (AvgIpc) is 3.04. The molecule has 0 radical (unpaired) electrons. The molecule has 2 heterocycles. The minimum Gasteiger partial charge on any atom is -0.485 e. The van der Waals surface area contributed by atoms with E-state index in [2.05, 4.69) is 15.1 Å². The van der Waals surface area contributed by atoms with Crippen LogP contribution in [0.25, 0.3) is 16.3 Å². The van der Waals surface area contributed by atoms with Crippen LogP contribution in [0, 0.1) is 4.77 Å². The van der Waals surface area contributed by atoms with Gasteiger partial charge in [0, 0.05) is 5.56 Å². The molecule has 0 amide bonds. The van der Waals surface area contributed by atoms with E-state index in [9.17, 15) is 0 Å². The average molecular weight is 387 g/mol. The van der Waals surface area contributed by atoms with Crippen molar-refractivity contribution in [1.29, 1.82) is 0 Å². The molecular weight excluding hydrogens is 376 g/mol. The molecule has 0 N–H and O–H groups in total. The first-order valence-corrected chi connectivity index (χ1v) is 9.00. The van der Waals surface area contributed by atoms with E-state index in [4.69, 9.17) is 28.6 Å². The smallest absolute Gasteiger partial charge is 0.223 e. The molecule has 0 fully saturated rings. The van der Waals surface area contributed by atoms with Crippen molar-refractivity contribution >= 4 is 40.1 Å². The molecule has 5 nitrogen and oxygen atoms in total. The highest BCUT2D eigenvalue weighted by atomic mass is 35.5. The standard InChI is InChI=1S/C17H11ClN4OS2/c18-12-8-4-5-9-13(12)23-10-14-21-22-15(11-6-2-1-3-7-11)19-16(24)20-17(22)25-14/h1-9H,10H2. The Morgan fingerprint density at radius 2 is 1.80 bits per heavy atom. The minimum absolute atomic E-state index is 0.290. The van der Waals surface area contributed by atoms with E-state index in [1.807, 2.05) is 48.5 Å². The van der Waals surface area contributed by atoms with Gasteiger partial charge in [0.1, 0.15) is 12.4 Å². The number of fused-ring (bicyclic) bond motifs is 1. The fourth-order valence-corrected chi connectivity index (χ4v) is 3.53. The van der Waals surface area contributed by atoms with Crippen LogP contribution in [-0.4, -0.2) is 19.6 Å². The van der Waals surface area contributed by atoms with Gasteiger partial charge >= 0.3 is 0 Å². The highest BCUT2D eigenvalue weighted by molar-refractivity contribution is 7.71. The van der Waals surface area contributed by atoms with Gasteiger partial charge in [0.05, 0.1) is 5.02 Å². The Morgan fingerprint density at radius 1 is 1.04 bits per heavy atom. The second-order valence-corrected chi connectivity index (χ2v) is 6.92. The number of nitrogens with zero attached hydrogens (tertiary/aromatic N) is 4. The van der Waals surface area contributed by atoms with Gasteiger partial charge in [0.15, 0.2) is 10.8 Å². The number of benzene rings is 2. The van der Waals surface area contributed by atoms with Crippen LogP contribution in [0.4, 0.5) is 0 Å². The molecular formula is C17H11ClN4OS2. The molecule has 0 saturated carbocycles. The van der Waals surface area contributed by atoms with Crippen LogP contribution in [0.1, 0.15) is 5.01 Å². The minimum atomic E-state index is 0.290. The third-order valence-electron chi connectivity index (χ3n) is 3.42. The van der Waals surface area contributed by atoms with E-state index < -0.39 is 0 Å². The summed E-state index contributed by atoms with van der Waals surface area (Å²) in [4.78, 5) is 9.34. The summed E-state index contributed by atoms with van der Waals surface area (Å²) < 4.78 is 7.74. The van der Waals surface area contributed by atoms with Crippen LogP contribution in [-0.2, 0) is 6.61 Å². The van der Waals surface area contributed by atoms with E-state index in [1.165, 1.54) is 11.3 Å². The lowest BCUT2D eigenvalue weighted by molar-refractivity contribution is 0.304. The van der Waals surface area contributed by atoms with Crippen LogP contribution in [0.15, 0.2) is 54.6 Å². The van der Waals surface area contributed by atoms with Gasteiger partial charge in [-0.3, -0.25) is 0 Å². The zero-order valence-corrected chi connectivity index (χ0v) is 15.2. The summed E-state index contributed by atoms with van der Waals surface area (Å²) in [6.07, 6.45) is 0. The third kappa shape index (κ3) is 3.39. The predicted molar refractivity (Wildman–Crippen MR) is 101 cm³/mol. The van der Waals surface area contributed by atoms with Gasteiger partial charge < -0.3 is 4.74 Å². The van der Waals surface area contributed by atoms with Crippen LogP contribution in [0.3, 0.4) is 0 Å². The lowest BCUT2D eigenvalue weighted by atomic mass is 10.2. The maximum atomic E-state index is 6.11. The maximum Gasteiger partial charge on any atom is 0.223 e. The van der Waals surface area contributed by atoms with Crippen LogP contribution >= 0.6 is 35.2 Å². The fraction of sp³-hybridized carbons (Fsp3) is 0.0588. The molecule has 0 atom stereocenters. The van der Waals surface area contributed by atoms with Crippen molar-refractivity contribution in [3.8, 4) is 17.1 Å². The molecule has 25 heavy (non-hydrogen) atoms. The van der Waals surface area contributed by atoms with Gasteiger partial charge in [0.25, 0.3) is 0 Å². The topological polar surface area (TPSA) is 52.3 Å². The van der Waals surface area contributed by atoms with Crippen LogP contribution < -0.4 is 4.74 Å². The summed E-state index contributed by atoms with van der Waals surface area (Å²) in [5.41, 5.74) is 0.926. The molecule has 0 bridgehead atoms. The Kier molecular flexibility index (Phi) is 4.44. The van der Waals surface area contributed by atoms with Gasteiger partial charge in [-0.15, -0.1) is 0 Å². The summed E-state index contributed by atoms with van der Waals surface area (Å²) in [6.45, 7) is 0.290. The Balaban J connectivity index is 1.71. The molecule has 4 rings (SSSR count). The molecule has 8 heteroatoms. The Labute approximate surface area is 157 Å². The van der Waals surface area contributed by atoms with Crippen molar-refractivity contribution in [3.63, 3.8) is 0 Å². The van der Waals surface area contributed by atoms with E-state index in [1.54, 1.807) is 10.6 Å². The first-order valence-electron chi connectivity index (χ1n) is 7.40. The first kappa shape index (κ1) is 16.1. The zero-order chi connectivity index (χ0) is 17.2. The summed E-state index contributed by atoms with van der Waals surface area (Å²) in [5, 5.41) is 5.89. The lowest BCUT2D eigenvalue weighted by Crippen LogP contribution is -2.01.